The first kappa shape index (κ1) is 12.5. The second kappa shape index (κ2) is 4.75. The van der Waals surface area contributed by atoms with Gasteiger partial charge in [0.2, 0.25) is 5.78 Å². The maximum absolute atomic E-state index is 12.3. The third kappa shape index (κ3) is 2.50. The van der Waals surface area contributed by atoms with Crippen LogP contribution in [0.4, 0.5) is 0 Å². The predicted octanol–water partition coefficient (Wildman–Crippen LogP) is 4.67. The minimum Gasteiger partial charge on any atom is -0.288 e. The number of carbonyl (C=O) groups excluding carboxylic acids is 1. The second-order valence-corrected chi connectivity index (χ2v) is 6.57. The van der Waals surface area contributed by atoms with E-state index in [4.69, 9.17) is 0 Å². The molecule has 2 aromatic rings. The lowest BCUT2D eigenvalue weighted by molar-refractivity contribution is 0.104. The van der Waals surface area contributed by atoms with E-state index in [2.05, 4.69) is 22.9 Å². The van der Waals surface area contributed by atoms with E-state index in [9.17, 15) is 4.79 Å². The van der Waals surface area contributed by atoms with Gasteiger partial charge >= 0.3 is 0 Å². The molecule has 2 rings (SSSR count). The van der Waals surface area contributed by atoms with E-state index in [1.807, 2.05) is 38.1 Å². The number of ketones is 1. The Hall–Kier alpha value is -0.930. The zero-order valence-electron chi connectivity index (χ0n) is 10.0. The van der Waals surface area contributed by atoms with Gasteiger partial charge in [0.15, 0.2) is 0 Å². The summed E-state index contributed by atoms with van der Waals surface area (Å²) in [6.07, 6.45) is 0. The second-order valence-electron chi connectivity index (χ2n) is 4.20. The Morgan fingerprint density at radius 3 is 2.29 bits per heavy atom. The summed E-state index contributed by atoms with van der Waals surface area (Å²) in [5.74, 6) is 0.104. The van der Waals surface area contributed by atoms with Crippen LogP contribution in [0.2, 0.25) is 0 Å². The number of aryl methyl sites for hydroxylation is 3. The molecular weight excluding hydrogens is 296 g/mol. The first-order valence-corrected chi connectivity index (χ1v) is 6.98. The molecule has 0 amide bonds. The van der Waals surface area contributed by atoms with Crippen LogP contribution in [-0.4, -0.2) is 5.78 Å². The van der Waals surface area contributed by atoms with Crippen molar-refractivity contribution in [2.75, 3.05) is 0 Å². The molecule has 0 aliphatic heterocycles. The van der Waals surface area contributed by atoms with E-state index in [0.717, 1.165) is 25.4 Å². The molecule has 1 nitrogen and oxygen atoms in total. The van der Waals surface area contributed by atoms with E-state index in [1.165, 1.54) is 16.9 Å². The fourth-order valence-electron chi connectivity index (χ4n) is 1.60. The third-order valence-corrected chi connectivity index (χ3v) is 4.99. The van der Waals surface area contributed by atoms with Gasteiger partial charge in [0.05, 0.1) is 8.66 Å². The maximum atomic E-state index is 12.3. The van der Waals surface area contributed by atoms with Gasteiger partial charge in [-0.3, -0.25) is 4.79 Å². The molecule has 0 unspecified atom stereocenters. The van der Waals surface area contributed by atoms with Crippen molar-refractivity contribution in [3.8, 4) is 0 Å². The van der Waals surface area contributed by atoms with E-state index < -0.39 is 0 Å². The summed E-state index contributed by atoms with van der Waals surface area (Å²) < 4.78 is 1.03. The first-order chi connectivity index (χ1) is 7.99. The van der Waals surface area contributed by atoms with Gasteiger partial charge in [-0.2, -0.15) is 0 Å². The van der Waals surface area contributed by atoms with Gasteiger partial charge < -0.3 is 0 Å². The maximum Gasteiger partial charge on any atom is 0.202 e. The molecule has 1 aromatic carbocycles. The van der Waals surface area contributed by atoms with E-state index in [-0.39, 0.29) is 5.78 Å². The van der Waals surface area contributed by atoms with Gasteiger partial charge in [-0.25, -0.2) is 0 Å². The monoisotopic (exact) mass is 308 g/mol. The molecule has 0 N–H and O–H groups in total. The molecule has 0 atom stereocenters. The number of benzene rings is 1. The highest BCUT2D eigenvalue weighted by Gasteiger charge is 2.13. The van der Waals surface area contributed by atoms with Crippen LogP contribution in [0.5, 0.6) is 0 Å². The van der Waals surface area contributed by atoms with Crippen molar-refractivity contribution in [1.29, 1.82) is 0 Å². The van der Waals surface area contributed by atoms with E-state index >= 15 is 0 Å². The van der Waals surface area contributed by atoms with Crippen LogP contribution < -0.4 is 0 Å². The summed E-state index contributed by atoms with van der Waals surface area (Å²) >= 11 is 4.94. The summed E-state index contributed by atoms with van der Waals surface area (Å²) in [7, 11) is 0. The average Bonchev–Trinajstić information content (AvgIpc) is 2.62. The van der Waals surface area contributed by atoms with Crippen molar-refractivity contribution in [2.45, 2.75) is 20.8 Å². The Bertz CT molecular complexity index is 564. The lowest BCUT2D eigenvalue weighted by Gasteiger charge is -2.02. The van der Waals surface area contributed by atoms with Crippen molar-refractivity contribution in [1.82, 2.24) is 0 Å². The lowest BCUT2D eigenvalue weighted by atomic mass is 10.0. The topological polar surface area (TPSA) is 17.1 Å². The first-order valence-electron chi connectivity index (χ1n) is 5.37. The van der Waals surface area contributed by atoms with Gasteiger partial charge in [-0.15, -0.1) is 11.3 Å². The van der Waals surface area contributed by atoms with Gasteiger partial charge in [-0.1, -0.05) is 12.1 Å². The summed E-state index contributed by atoms with van der Waals surface area (Å²) in [6.45, 7) is 6.08. The van der Waals surface area contributed by atoms with E-state index in [0.29, 0.717) is 0 Å². The smallest absolute Gasteiger partial charge is 0.202 e. The van der Waals surface area contributed by atoms with E-state index in [1.54, 1.807) is 0 Å². The SMILES string of the molecule is Cc1ccc(C(=O)c2cc(C)c(Br)s2)cc1C. The molecule has 0 bridgehead atoms. The molecule has 88 valence electrons. The molecule has 0 fully saturated rings. The van der Waals surface area contributed by atoms with Crippen LogP contribution in [0.25, 0.3) is 0 Å². The Balaban J connectivity index is 2.40. The molecule has 17 heavy (non-hydrogen) atoms. The molecule has 0 aliphatic carbocycles. The zero-order valence-corrected chi connectivity index (χ0v) is 12.4. The molecule has 1 heterocycles. The Morgan fingerprint density at radius 1 is 1.06 bits per heavy atom. The molecule has 3 heteroatoms. The number of halogens is 1. The van der Waals surface area contributed by atoms with Crippen LogP contribution in [0.1, 0.15) is 31.9 Å². The molecular formula is C14H13BrOS. The molecule has 0 radical (unpaired) electrons. The highest BCUT2D eigenvalue weighted by Crippen LogP contribution is 2.29. The standard InChI is InChI=1S/C14H13BrOS/c1-8-4-5-11(6-9(8)2)13(16)12-7-10(3)14(15)17-12/h4-7H,1-3H3. The van der Waals surface area contributed by atoms with Crippen LogP contribution in [-0.2, 0) is 0 Å². The van der Waals surface area contributed by atoms with Crippen LogP contribution in [0, 0.1) is 20.8 Å². The van der Waals surface area contributed by atoms with Gasteiger partial charge in [0.25, 0.3) is 0 Å². The largest absolute Gasteiger partial charge is 0.288 e. The highest BCUT2D eigenvalue weighted by atomic mass is 79.9. The number of rotatable bonds is 2. The summed E-state index contributed by atoms with van der Waals surface area (Å²) in [6, 6.07) is 7.79. The van der Waals surface area contributed by atoms with Crippen LogP contribution >= 0.6 is 27.3 Å². The van der Waals surface area contributed by atoms with Crippen LogP contribution in [0.3, 0.4) is 0 Å². The quantitative estimate of drug-likeness (QED) is 0.737. The molecule has 0 saturated carbocycles. The number of thiophene rings is 1. The molecule has 0 aliphatic rings. The fraction of sp³-hybridized carbons (Fsp3) is 0.214. The minimum atomic E-state index is 0.104. The van der Waals surface area contributed by atoms with Crippen molar-refractivity contribution < 1.29 is 4.79 Å². The highest BCUT2D eigenvalue weighted by molar-refractivity contribution is 9.11. The number of hydrogen-bond acceptors (Lipinski definition) is 2. The van der Waals surface area contributed by atoms with Crippen molar-refractivity contribution in [3.63, 3.8) is 0 Å². The third-order valence-electron chi connectivity index (χ3n) is 2.85. The normalized spacial score (nSPS) is 10.6. The predicted molar refractivity (Wildman–Crippen MR) is 76.1 cm³/mol. The average molecular weight is 309 g/mol. The molecule has 0 spiro atoms. The van der Waals surface area contributed by atoms with Crippen LogP contribution in [0.15, 0.2) is 28.1 Å². The Labute approximate surface area is 114 Å². The number of carbonyl (C=O) groups is 1. The fourth-order valence-corrected chi connectivity index (χ4v) is 3.09. The molecule has 0 saturated heterocycles. The van der Waals surface area contributed by atoms with Crippen molar-refractivity contribution in [3.05, 3.63) is 55.2 Å². The van der Waals surface area contributed by atoms with Gasteiger partial charge in [0.1, 0.15) is 0 Å². The summed E-state index contributed by atoms with van der Waals surface area (Å²) in [5.41, 5.74) is 4.25. The molecule has 1 aromatic heterocycles. The van der Waals surface area contributed by atoms with Crippen molar-refractivity contribution in [2.24, 2.45) is 0 Å². The lowest BCUT2D eigenvalue weighted by Crippen LogP contribution is -1.99. The zero-order chi connectivity index (χ0) is 12.6. The Morgan fingerprint density at radius 2 is 1.76 bits per heavy atom. The van der Waals surface area contributed by atoms with Gasteiger partial charge in [-0.05, 0) is 65.5 Å². The number of hydrogen-bond donors (Lipinski definition) is 0. The summed E-state index contributed by atoms with van der Waals surface area (Å²) in [5, 5.41) is 0. The minimum absolute atomic E-state index is 0.104. The summed E-state index contributed by atoms with van der Waals surface area (Å²) in [4.78, 5) is 13.1. The van der Waals surface area contributed by atoms with Crippen molar-refractivity contribution >= 4 is 33.0 Å². The van der Waals surface area contributed by atoms with Gasteiger partial charge in [0, 0.05) is 5.56 Å². The Kier molecular flexibility index (Phi) is 3.50.